The molecule has 3 rings (SSSR count). The zero-order valence-electron chi connectivity index (χ0n) is 8.15. The van der Waals surface area contributed by atoms with Crippen LogP contribution in [0.25, 0.3) is 5.65 Å². The standard InChI is InChI=1S/C10H11BrN4/c11-9-6-15-8(7-1-2-12-3-7)4-14-10(15)5-13-9/h4-7,12H,1-3H2. The van der Waals surface area contributed by atoms with Crippen LogP contribution < -0.4 is 5.32 Å². The Bertz CT molecular complexity index is 487. The molecule has 0 saturated carbocycles. The Kier molecular flexibility index (Phi) is 2.21. The van der Waals surface area contributed by atoms with Crippen LogP contribution in [0.4, 0.5) is 0 Å². The Morgan fingerprint density at radius 3 is 3.13 bits per heavy atom. The number of hydrogen-bond acceptors (Lipinski definition) is 3. The number of hydrogen-bond donors (Lipinski definition) is 1. The molecule has 5 heteroatoms. The smallest absolute Gasteiger partial charge is 0.155 e. The van der Waals surface area contributed by atoms with E-state index in [1.54, 1.807) is 6.20 Å². The number of fused-ring (bicyclic) bond motifs is 1. The Morgan fingerprint density at radius 2 is 2.33 bits per heavy atom. The van der Waals surface area contributed by atoms with E-state index in [9.17, 15) is 0 Å². The lowest BCUT2D eigenvalue weighted by atomic mass is 10.1. The van der Waals surface area contributed by atoms with Gasteiger partial charge in [0.1, 0.15) is 4.60 Å². The van der Waals surface area contributed by atoms with Crippen molar-refractivity contribution in [2.24, 2.45) is 0 Å². The van der Waals surface area contributed by atoms with Crippen molar-refractivity contribution in [3.8, 4) is 0 Å². The number of halogens is 1. The fraction of sp³-hybridized carbons (Fsp3) is 0.400. The lowest BCUT2D eigenvalue weighted by molar-refractivity contribution is 0.725. The van der Waals surface area contributed by atoms with Gasteiger partial charge >= 0.3 is 0 Å². The second-order valence-corrected chi connectivity index (χ2v) is 4.62. The molecule has 0 spiro atoms. The molecule has 0 bridgehead atoms. The van der Waals surface area contributed by atoms with Gasteiger partial charge in [0.25, 0.3) is 0 Å². The maximum Gasteiger partial charge on any atom is 0.155 e. The predicted octanol–water partition coefficient (Wildman–Crippen LogP) is 1.57. The molecule has 0 aromatic carbocycles. The Morgan fingerprint density at radius 1 is 1.40 bits per heavy atom. The van der Waals surface area contributed by atoms with Crippen LogP contribution in [-0.4, -0.2) is 27.5 Å². The first kappa shape index (κ1) is 9.30. The SMILES string of the molecule is Brc1cn2c(C3CCNC3)cnc2cn1. The van der Waals surface area contributed by atoms with Crippen LogP contribution in [0.3, 0.4) is 0 Å². The highest BCUT2D eigenvalue weighted by molar-refractivity contribution is 9.10. The molecular weight excluding hydrogens is 256 g/mol. The average Bonchev–Trinajstić information content (AvgIpc) is 2.83. The van der Waals surface area contributed by atoms with Crippen LogP contribution in [0.2, 0.25) is 0 Å². The highest BCUT2D eigenvalue weighted by atomic mass is 79.9. The van der Waals surface area contributed by atoms with Crippen molar-refractivity contribution in [2.75, 3.05) is 13.1 Å². The summed E-state index contributed by atoms with van der Waals surface area (Å²) in [5.41, 5.74) is 2.19. The molecule has 1 aliphatic heterocycles. The third kappa shape index (κ3) is 1.55. The molecule has 1 atom stereocenters. The molecule has 0 radical (unpaired) electrons. The normalized spacial score (nSPS) is 21.3. The molecule has 4 nitrogen and oxygen atoms in total. The highest BCUT2D eigenvalue weighted by Gasteiger charge is 2.20. The first-order chi connectivity index (χ1) is 7.34. The van der Waals surface area contributed by atoms with Gasteiger partial charge in [0.15, 0.2) is 5.65 Å². The van der Waals surface area contributed by atoms with Crippen LogP contribution in [0.15, 0.2) is 23.2 Å². The van der Waals surface area contributed by atoms with E-state index in [1.807, 2.05) is 12.4 Å². The molecule has 1 N–H and O–H groups in total. The summed E-state index contributed by atoms with van der Waals surface area (Å²) in [4.78, 5) is 8.52. The minimum absolute atomic E-state index is 0.578. The van der Waals surface area contributed by atoms with Crippen LogP contribution in [0.1, 0.15) is 18.0 Å². The van der Waals surface area contributed by atoms with Crippen molar-refractivity contribution in [3.63, 3.8) is 0 Å². The van der Waals surface area contributed by atoms with Gasteiger partial charge < -0.3 is 5.32 Å². The largest absolute Gasteiger partial charge is 0.316 e. The molecule has 15 heavy (non-hydrogen) atoms. The summed E-state index contributed by atoms with van der Waals surface area (Å²) in [5.74, 6) is 0.578. The maximum atomic E-state index is 4.36. The van der Waals surface area contributed by atoms with Crippen molar-refractivity contribution in [3.05, 3.63) is 28.9 Å². The van der Waals surface area contributed by atoms with Gasteiger partial charge in [-0.1, -0.05) is 0 Å². The van der Waals surface area contributed by atoms with E-state index in [2.05, 4.69) is 35.6 Å². The number of imidazole rings is 1. The van der Waals surface area contributed by atoms with E-state index < -0.39 is 0 Å². The molecule has 1 saturated heterocycles. The van der Waals surface area contributed by atoms with Gasteiger partial charge in [0.05, 0.1) is 6.20 Å². The fourth-order valence-electron chi connectivity index (χ4n) is 2.09. The highest BCUT2D eigenvalue weighted by Crippen LogP contribution is 2.23. The summed E-state index contributed by atoms with van der Waals surface area (Å²) in [6, 6.07) is 0. The fourth-order valence-corrected chi connectivity index (χ4v) is 2.40. The molecular formula is C10H11BrN4. The molecule has 3 heterocycles. The van der Waals surface area contributed by atoms with Gasteiger partial charge in [-0.3, -0.25) is 4.40 Å². The molecule has 1 fully saturated rings. The Labute approximate surface area is 95.9 Å². The summed E-state index contributed by atoms with van der Waals surface area (Å²) in [6.07, 6.45) is 6.92. The zero-order valence-corrected chi connectivity index (χ0v) is 9.74. The second-order valence-electron chi connectivity index (χ2n) is 3.81. The summed E-state index contributed by atoms with van der Waals surface area (Å²) in [7, 11) is 0. The Hall–Kier alpha value is -0.940. The lowest BCUT2D eigenvalue weighted by Crippen LogP contribution is -2.09. The first-order valence-electron chi connectivity index (χ1n) is 5.04. The summed E-state index contributed by atoms with van der Waals surface area (Å²) >= 11 is 3.38. The van der Waals surface area contributed by atoms with Crippen molar-refractivity contribution in [1.82, 2.24) is 19.7 Å². The molecule has 0 aliphatic carbocycles. The number of nitrogens with one attached hydrogen (secondary N) is 1. The monoisotopic (exact) mass is 266 g/mol. The molecule has 78 valence electrons. The van der Waals surface area contributed by atoms with E-state index in [4.69, 9.17) is 0 Å². The molecule has 1 unspecified atom stereocenters. The lowest BCUT2D eigenvalue weighted by Gasteiger charge is -2.07. The topological polar surface area (TPSA) is 42.2 Å². The molecule has 0 amide bonds. The van der Waals surface area contributed by atoms with Crippen molar-refractivity contribution >= 4 is 21.6 Å². The Balaban J connectivity index is 2.13. The average molecular weight is 267 g/mol. The van der Waals surface area contributed by atoms with Crippen molar-refractivity contribution in [2.45, 2.75) is 12.3 Å². The van der Waals surface area contributed by atoms with E-state index >= 15 is 0 Å². The summed E-state index contributed by atoms with van der Waals surface area (Å²) in [5, 5.41) is 3.37. The van der Waals surface area contributed by atoms with E-state index in [-0.39, 0.29) is 0 Å². The van der Waals surface area contributed by atoms with Crippen molar-refractivity contribution in [1.29, 1.82) is 0 Å². The van der Waals surface area contributed by atoms with Gasteiger partial charge in [-0.15, -0.1) is 0 Å². The molecule has 1 aliphatic rings. The minimum Gasteiger partial charge on any atom is -0.316 e. The van der Waals surface area contributed by atoms with E-state index in [1.165, 1.54) is 12.1 Å². The van der Waals surface area contributed by atoms with Crippen LogP contribution in [-0.2, 0) is 0 Å². The first-order valence-corrected chi connectivity index (χ1v) is 5.83. The van der Waals surface area contributed by atoms with Gasteiger partial charge in [-0.25, -0.2) is 9.97 Å². The maximum absolute atomic E-state index is 4.36. The van der Waals surface area contributed by atoms with E-state index in [0.717, 1.165) is 23.3 Å². The third-order valence-electron chi connectivity index (χ3n) is 2.87. The van der Waals surface area contributed by atoms with Crippen LogP contribution in [0, 0.1) is 0 Å². The van der Waals surface area contributed by atoms with Crippen molar-refractivity contribution < 1.29 is 0 Å². The van der Waals surface area contributed by atoms with Crippen LogP contribution >= 0.6 is 15.9 Å². The van der Waals surface area contributed by atoms with Gasteiger partial charge in [-0.2, -0.15) is 0 Å². The van der Waals surface area contributed by atoms with E-state index in [0.29, 0.717) is 5.92 Å². The summed E-state index contributed by atoms with van der Waals surface area (Å²) in [6.45, 7) is 2.15. The third-order valence-corrected chi connectivity index (χ3v) is 3.28. The number of nitrogens with zero attached hydrogens (tertiary/aromatic N) is 3. The number of aromatic nitrogens is 3. The quantitative estimate of drug-likeness (QED) is 0.852. The predicted molar refractivity (Wildman–Crippen MR) is 60.9 cm³/mol. The number of rotatable bonds is 1. The molecule has 2 aromatic rings. The van der Waals surface area contributed by atoms with Gasteiger partial charge in [0, 0.05) is 30.6 Å². The summed E-state index contributed by atoms with van der Waals surface area (Å²) < 4.78 is 2.97. The van der Waals surface area contributed by atoms with Gasteiger partial charge in [-0.05, 0) is 28.9 Å². The van der Waals surface area contributed by atoms with Gasteiger partial charge in [0.2, 0.25) is 0 Å². The molecule has 2 aromatic heterocycles. The minimum atomic E-state index is 0.578. The zero-order chi connectivity index (χ0) is 10.3. The second kappa shape index (κ2) is 3.57. The van der Waals surface area contributed by atoms with Crippen LogP contribution in [0.5, 0.6) is 0 Å².